The number of thiazole rings is 1. The van der Waals surface area contributed by atoms with E-state index < -0.39 is 9.84 Å². The Morgan fingerprint density at radius 1 is 1.11 bits per heavy atom. The number of thiophene rings is 1. The standard InChI is InChI=1S/C20H20N2O3S3/c1-28(24,25)15-9-7-13(8-10-15)16-12-26-20(21-16)22-19(23)18-11-14-5-3-2-4-6-17(14)27-18/h7-12H,2-6H2,1H3,(H,21,22,23). The summed E-state index contributed by atoms with van der Waals surface area (Å²) in [5, 5.41) is 5.29. The summed E-state index contributed by atoms with van der Waals surface area (Å²) in [7, 11) is -3.22. The highest BCUT2D eigenvalue weighted by molar-refractivity contribution is 7.90. The lowest BCUT2D eigenvalue weighted by atomic mass is 10.1. The summed E-state index contributed by atoms with van der Waals surface area (Å²) < 4.78 is 23.1. The SMILES string of the molecule is CS(=O)(=O)c1ccc(-c2csc(NC(=O)c3cc4c(s3)CCCCC4)n2)cc1. The van der Waals surface area contributed by atoms with Crippen molar-refractivity contribution in [3.63, 3.8) is 0 Å². The Bertz CT molecular complexity index is 1090. The molecule has 1 aliphatic rings. The van der Waals surface area contributed by atoms with Crippen LogP contribution in [0.4, 0.5) is 5.13 Å². The number of aromatic nitrogens is 1. The Kier molecular flexibility index (Phi) is 5.35. The average molecular weight is 433 g/mol. The number of benzene rings is 1. The third kappa shape index (κ3) is 4.19. The molecular formula is C20H20N2O3S3. The molecule has 0 radical (unpaired) electrons. The monoisotopic (exact) mass is 432 g/mol. The number of anilines is 1. The van der Waals surface area contributed by atoms with Crippen LogP contribution in [0.5, 0.6) is 0 Å². The van der Waals surface area contributed by atoms with Crippen molar-refractivity contribution in [2.24, 2.45) is 0 Å². The molecule has 2 aromatic heterocycles. The molecule has 146 valence electrons. The van der Waals surface area contributed by atoms with Crippen LogP contribution in [-0.4, -0.2) is 25.6 Å². The van der Waals surface area contributed by atoms with E-state index in [0.717, 1.165) is 23.3 Å². The van der Waals surface area contributed by atoms with E-state index in [1.807, 2.05) is 11.4 Å². The zero-order chi connectivity index (χ0) is 19.7. The summed E-state index contributed by atoms with van der Waals surface area (Å²) in [5.41, 5.74) is 2.84. The highest BCUT2D eigenvalue weighted by Gasteiger charge is 2.17. The molecule has 0 spiro atoms. The molecule has 1 aliphatic carbocycles. The van der Waals surface area contributed by atoms with E-state index in [1.165, 1.54) is 47.3 Å². The van der Waals surface area contributed by atoms with Crippen molar-refractivity contribution < 1.29 is 13.2 Å². The van der Waals surface area contributed by atoms with Gasteiger partial charge in [-0.15, -0.1) is 22.7 Å². The Hall–Kier alpha value is -2.03. The number of hydrogen-bond acceptors (Lipinski definition) is 6. The van der Waals surface area contributed by atoms with Crippen LogP contribution in [0.25, 0.3) is 11.3 Å². The molecule has 3 aromatic rings. The molecule has 0 aliphatic heterocycles. The molecule has 2 heterocycles. The van der Waals surface area contributed by atoms with E-state index >= 15 is 0 Å². The predicted octanol–water partition coefficient (Wildman–Crippen LogP) is 4.80. The summed E-state index contributed by atoms with van der Waals surface area (Å²) in [5.74, 6) is -0.119. The van der Waals surface area contributed by atoms with Gasteiger partial charge in [-0.05, 0) is 49.4 Å². The summed E-state index contributed by atoms with van der Waals surface area (Å²) in [6.07, 6.45) is 6.96. The topological polar surface area (TPSA) is 76.1 Å². The van der Waals surface area contributed by atoms with E-state index in [0.29, 0.717) is 10.8 Å². The number of nitrogens with zero attached hydrogens (tertiary/aromatic N) is 1. The van der Waals surface area contributed by atoms with Gasteiger partial charge >= 0.3 is 0 Å². The summed E-state index contributed by atoms with van der Waals surface area (Å²) in [6.45, 7) is 0. The Morgan fingerprint density at radius 3 is 2.61 bits per heavy atom. The zero-order valence-electron chi connectivity index (χ0n) is 15.4. The van der Waals surface area contributed by atoms with Gasteiger partial charge in [0.1, 0.15) is 0 Å². The highest BCUT2D eigenvalue weighted by Crippen LogP contribution is 2.30. The molecule has 0 saturated carbocycles. The van der Waals surface area contributed by atoms with Crippen molar-refractivity contribution in [2.75, 3.05) is 11.6 Å². The largest absolute Gasteiger partial charge is 0.297 e. The summed E-state index contributed by atoms with van der Waals surface area (Å²) >= 11 is 2.95. The summed E-state index contributed by atoms with van der Waals surface area (Å²) in [4.78, 5) is 19.4. The van der Waals surface area contributed by atoms with Gasteiger partial charge in [-0.25, -0.2) is 13.4 Å². The molecule has 28 heavy (non-hydrogen) atoms. The van der Waals surface area contributed by atoms with Crippen molar-refractivity contribution in [2.45, 2.75) is 37.0 Å². The lowest BCUT2D eigenvalue weighted by Gasteiger charge is -2.01. The van der Waals surface area contributed by atoms with Crippen LogP contribution >= 0.6 is 22.7 Å². The smallest absolute Gasteiger partial charge is 0.267 e. The normalized spacial score (nSPS) is 14.3. The molecular weight excluding hydrogens is 412 g/mol. The van der Waals surface area contributed by atoms with Gasteiger partial charge in [-0.3, -0.25) is 10.1 Å². The Morgan fingerprint density at radius 2 is 1.86 bits per heavy atom. The molecule has 4 rings (SSSR count). The van der Waals surface area contributed by atoms with Gasteiger partial charge in [-0.1, -0.05) is 18.6 Å². The first-order chi connectivity index (χ1) is 13.4. The van der Waals surface area contributed by atoms with Gasteiger partial charge in [0.2, 0.25) is 0 Å². The molecule has 1 aromatic carbocycles. The molecule has 1 amide bonds. The minimum absolute atomic E-state index is 0.119. The summed E-state index contributed by atoms with van der Waals surface area (Å²) in [6, 6.07) is 8.63. The molecule has 0 atom stereocenters. The van der Waals surface area contributed by atoms with Gasteiger partial charge < -0.3 is 0 Å². The van der Waals surface area contributed by atoms with Crippen LogP contribution in [0.3, 0.4) is 0 Å². The molecule has 5 nitrogen and oxygen atoms in total. The number of hydrogen-bond donors (Lipinski definition) is 1. The molecule has 0 saturated heterocycles. The first-order valence-electron chi connectivity index (χ1n) is 9.09. The quantitative estimate of drug-likeness (QED) is 0.601. The van der Waals surface area contributed by atoms with Crippen LogP contribution in [-0.2, 0) is 22.7 Å². The number of amides is 1. The van der Waals surface area contributed by atoms with Crippen LogP contribution in [0.2, 0.25) is 0 Å². The predicted molar refractivity (Wildman–Crippen MR) is 114 cm³/mol. The number of carbonyl (C=O) groups is 1. The highest BCUT2D eigenvalue weighted by atomic mass is 32.2. The van der Waals surface area contributed by atoms with Crippen LogP contribution < -0.4 is 5.32 Å². The fourth-order valence-electron chi connectivity index (χ4n) is 3.27. The lowest BCUT2D eigenvalue weighted by molar-refractivity contribution is 0.103. The lowest BCUT2D eigenvalue weighted by Crippen LogP contribution is -2.09. The van der Waals surface area contributed by atoms with Crippen LogP contribution in [0.15, 0.2) is 40.6 Å². The van der Waals surface area contributed by atoms with Gasteiger partial charge in [0, 0.05) is 22.1 Å². The number of nitrogens with one attached hydrogen (secondary N) is 1. The number of rotatable bonds is 4. The minimum Gasteiger partial charge on any atom is -0.297 e. The van der Waals surface area contributed by atoms with Crippen molar-refractivity contribution in [3.05, 3.63) is 51.0 Å². The van der Waals surface area contributed by atoms with E-state index in [9.17, 15) is 13.2 Å². The van der Waals surface area contributed by atoms with Crippen molar-refractivity contribution in [1.82, 2.24) is 4.98 Å². The maximum atomic E-state index is 12.6. The van der Waals surface area contributed by atoms with Crippen LogP contribution in [0, 0.1) is 0 Å². The fraction of sp³-hybridized carbons (Fsp3) is 0.300. The maximum absolute atomic E-state index is 12.6. The van der Waals surface area contributed by atoms with E-state index in [2.05, 4.69) is 10.3 Å². The van der Waals surface area contributed by atoms with Gasteiger partial charge in [-0.2, -0.15) is 0 Å². The molecule has 0 unspecified atom stereocenters. The molecule has 0 bridgehead atoms. The van der Waals surface area contributed by atoms with Crippen molar-refractivity contribution in [1.29, 1.82) is 0 Å². The first kappa shape index (κ1) is 19.3. The minimum atomic E-state index is -3.22. The van der Waals surface area contributed by atoms with Crippen LogP contribution in [0.1, 0.15) is 39.4 Å². The van der Waals surface area contributed by atoms with E-state index in [-0.39, 0.29) is 10.8 Å². The first-order valence-corrected chi connectivity index (χ1v) is 12.7. The Balaban J connectivity index is 1.48. The van der Waals surface area contributed by atoms with Gasteiger partial charge in [0.25, 0.3) is 5.91 Å². The van der Waals surface area contributed by atoms with Crippen molar-refractivity contribution >= 4 is 43.5 Å². The second kappa shape index (κ2) is 7.77. The number of sulfone groups is 1. The second-order valence-corrected chi connectivity index (χ2v) is 10.9. The molecule has 8 heteroatoms. The zero-order valence-corrected chi connectivity index (χ0v) is 17.8. The van der Waals surface area contributed by atoms with E-state index in [4.69, 9.17) is 0 Å². The number of fused-ring (bicyclic) bond motifs is 1. The van der Waals surface area contributed by atoms with Gasteiger partial charge in [0.15, 0.2) is 15.0 Å². The van der Waals surface area contributed by atoms with Gasteiger partial charge in [0.05, 0.1) is 15.5 Å². The number of carbonyl (C=O) groups excluding carboxylic acids is 1. The Labute approximate surface area is 172 Å². The third-order valence-corrected chi connectivity index (χ3v) is 7.90. The third-order valence-electron chi connectivity index (χ3n) is 4.77. The average Bonchev–Trinajstić information content (AvgIpc) is 3.23. The maximum Gasteiger partial charge on any atom is 0.267 e. The fourth-order valence-corrected chi connectivity index (χ4v) is 5.77. The molecule has 0 fully saturated rings. The van der Waals surface area contributed by atoms with E-state index in [1.54, 1.807) is 35.6 Å². The molecule has 1 N–H and O–H groups in total. The van der Waals surface area contributed by atoms with Crippen molar-refractivity contribution in [3.8, 4) is 11.3 Å². The second-order valence-electron chi connectivity index (χ2n) is 6.91. The number of aryl methyl sites for hydroxylation is 2.